The summed E-state index contributed by atoms with van der Waals surface area (Å²) < 4.78 is 5.15. The number of esters is 1. The van der Waals surface area contributed by atoms with Crippen molar-refractivity contribution in [2.75, 3.05) is 5.32 Å². The van der Waals surface area contributed by atoms with Crippen molar-refractivity contribution in [1.29, 1.82) is 0 Å². The molecule has 0 spiro atoms. The molecule has 2 aromatic rings. The highest BCUT2D eigenvalue weighted by atomic mass is 35.5. The van der Waals surface area contributed by atoms with E-state index in [1.165, 1.54) is 32.0 Å². The summed E-state index contributed by atoms with van der Waals surface area (Å²) in [5.74, 6) is -1.34. The van der Waals surface area contributed by atoms with Crippen LogP contribution in [0, 0.1) is 24.0 Å². The van der Waals surface area contributed by atoms with Crippen LogP contribution >= 0.6 is 11.6 Å². The molecule has 0 aliphatic carbocycles. The summed E-state index contributed by atoms with van der Waals surface area (Å²) in [4.78, 5) is 34.9. The number of carbonyl (C=O) groups is 2. The van der Waals surface area contributed by atoms with Gasteiger partial charge in [-0.1, -0.05) is 23.7 Å². The normalized spacial score (nSPS) is 11.5. The largest absolute Gasteiger partial charge is 0.449 e. The van der Waals surface area contributed by atoms with Crippen LogP contribution in [0.3, 0.4) is 0 Å². The zero-order valence-corrected chi connectivity index (χ0v) is 15.2. The van der Waals surface area contributed by atoms with Gasteiger partial charge < -0.3 is 10.1 Å². The van der Waals surface area contributed by atoms with Crippen LogP contribution in [0.5, 0.6) is 0 Å². The summed E-state index contributed by atoms with van der Waals surface area (Å²) in [7, 11) is 0. The fraction of sp³-hybridized carbons (Fsp3) is 0.222. The topological polar surface area (TPSA) is 98.5 Å². The molecular weight excluding hydrogens is 360 g/mol. The maximum absolute atomic E-state index is 12.3. The lowest BCUT2D eigenvalue weighted by molar-refractivity contribution is -0.385. The maximum atomic E-state index is 12.3. The molecule has 26 heavy (non-hydrogen) atoms. The second kappa shape index (κ2) is 7.97. The molecule has 0 aliphatic rings. The molecule has 7 nitrogen and oxygen atoms in total. The maximum Gasteiger partial charge on any atom is 0.339 e. The van der Waals surface area contributed by atoms with Crippen molar-refractivity contribution in [2.24, 2.45) is 0 Å². The molecule has 136 valence electrons. The second-order valence-electron chi connectivity index (χ2n) is 5.66. The number of hydrogen-bond donors (Lipinski definition) is 1. The van der Waals surface area contributed by atoms with Gasteiger partial charge in [-0.15, -0.1) is 0 Å². The molecule has 0 saturated carbocycles. The SMILES string of the molecule is Cc1c(Cl)cccc1NC(=O)[C@H](C)OC(=O)c1cccc([N+](=O)[O-])c1C. The number of ether oxygens (including phenoxy) is 1. The van der Waals surface area contributed by atoms with Gasteiger partial charge in [0.1, 0.15) is 0 Å². The van der Waals surface area contributed by atoms with Crippen LogP contribution in [-0.4, -0.2) is 22.9 Å². The Labute approximate surface area is 155 Å². The van der Waals surface area contributed by atoms with Gasteiger partial charge in [-0.25, -0.2) is 4.79 Å². The van der Waals surface area contributed by atoms with E-state index in [4.69, 9.17) is 16.3 Å². The Hall–Kier alpha value is -2.93. The van der Waals surface area contributed by atoms with E-state index in [1.54, 1.807) is 25.1 Å². The summed E-state index contributed by atoms with van der Waals surface area (Å²) in [6, 6.07) is 9.16. The average Bonchev–Trinajstić information content (AvgIpc) is 2.58. The van der Waals surface area contributed by atoms with Crippen LogP contribution in [0.25, 0.3) is 0 Å². The van der Waals surface area contributed by atoms with Crippen molar-refractivity contribution in [2.45, 2.75) is 26.9 Å². The Balaban J connectivity index is 2.12. The molecule has 0 heterocycles. The molecule has 1 amide bonds. The lowest BCUT2D eigenvalue weighted by atomic mass is 10.1. The van der Waals surface area contributed by atoms with Crippen molar-refractivity contribution in [1.82, 2.24) is 0 Å². The van der Waals surface area contributed by atoms with Gasteiger partial charge in [-0.05, 0) is 44.5 Å². The number of anilines is 1. The molecule has 0 fully saturated rings. The van der Waals surface area contributed by atoms with E-state index in [1.807, 2.05) is 0 Å². The van der Waals surface area contributed by atoms with Gasteiger partial charge in [0, 0.05) is 22.3 Å². The molecule has 0 unspecified atom stereocenters. The van der Waals surface area contributed by atoms with E-state index in [-0.39, 0.29) is 16.8 Å². The molecule has 0 radical (unpaired) electrons. The standard InChI is InChI=1S/C18H17ClN2O5/c1-10-13(6-4-9-16(10)21(24)25)18(23)26-12(3)17(22)20-15-8-5-7-14(19)11(15)2/h4-9,12H,1-3H3,(H,20,22)/t12-/m0/s1. The minimum atomic E-state index is -1.10. The van der Waals surface area contributed by atoms with Crippen LogP contribution in [0.1, 0.15) is 28.4 Å². The van der Waals surface area contributed by atoms with E-state index in [0.29, 0.717) is 16.3 Å². The second-order valence-corrected chi connectivity index (χ2v) is 6.06. The quantitative estimate of drug-likeness (QED) is 0.482. The highest BCUT2D eigenvalue weighted by molar-refractivity contribution is 6.31. The third-order valence-electron chi connectivity index (χ3n) is 3.90. The van der Waals surface area contributed by atoms with Gasteiger partial charge in [0.15, 0.2) is 6.10 Å². The van der Waals surface area contributed by atoms with Gasteiger partial charge in [0.25, 0.3) is 11.6 Å². The number of hydrogen-bond acceptors (Lipinski definition) is 5. The third-order valence-corrected chi connectivity index (χ3v) is 4.31. The first kappa shape index (κ1) is 19.4. The lowest BCUT2D eigenvalue weighted by Gasteiger charge is -2.15. The zero-order chi connectivity index (χ0) is 19.4. The molecule has 1 atom stereocenters. The van der Waals surface area contributed by atoms with Crippen LogP contribution in [-0.2, 0) is 9.53 Å². The van der Waals surface area contributed by atoms with Gasteiger partial charge in [-0.3, -0.25) is 14.9 Å². The summed E-state index contributed by atoms with van der Waals surface area (Å²) in [6.07, 6.45) is -1.10. The highest BCUT2D eigenvalue weighted by Gasteiger charge is 2.23. The molecule has 0 aromatic heterocycles. The summed E-state index contributed by atoms with van der Waals surface area (Å²) in [5, 5.41) is 14.1. The van der Waals surface area contributed by atoms with Crippen LogP contribution in [0.15, 0.2) is 36.4 Å². The van der Waals surface area contributed by atoms with Crippen molar-refractivity contribution in [3.63, 3.8) is 0 Å². The molecule has 2 rings (SSSR count). The molecule has 8 heteroatoms. The summed E-state index contributed by atoms with van der Waals surface area (Å²) in [6.45, 7) is 4.62. The van der Waals surface area contributed by atoms with E-state index in [2.05, 4.69) is 5.32 Å². The Bertz CT molecular complexity index is 882. The number of nitro groups is 1. The van der Waals surface area contributed by atoms with E-state index >= 15 is 0 Å². The van der Waals surface area contributed by atoms with Crippen molar-refractivity contribution in [3.05, 3.63) is 68.2 Å². The fourth-order valence-electron chi connectivity index (χ4n) is 2.30. The average molecular weight is 377 g/mol. The smallest absolute Gasteiger partial charge is 0.339 e. The van der Waals surface area contributed by atoms with Gasteiger partial charge >= 0.3 is 5.97 Å². The Kier molecular flexibility index (Phi) is 5.94. The Morgan fingerprint density at radius 2 is 1.81 bits per heavy atom. The Morgan fingerprint density at radius 3 is 2.46 bits per heavy atom. The van der Waals surface area contributed by atoms with E-state index in [0.717, 1.165) is 0 Å². The minimum absolute atomic E-state index is 0.0396. The predicted molar refractivity (Wildman–Crippen MR) is 97.5 cm³/mol. The van der Waals surface area contributed by atoms with Crippen LogP contribution in [0.2, 0.25) is 5.02 Å². The zero-order valence-electron chi connectivity index (χ0n) is 14.4. The van der Waals surface area contributed by atoms with E-state index < -0.39 is 22.9 Å². The molecule has 0 bridgehead atoms. The monoisotopic (exact) mass is 376 g/mol. The van der Waals surface area contributed by atoms with Crippen molar-refractivity contribution in [3.8, 4) is 0 Å². The van der Waals surface area contributed by atoms with E-state index in [9.17, 15) is 19.7 Å². The molecule has 2 aromatic carbocycles. The number of nitrogens with zero attached hydrogens (tertiary/aromatic N) is 1. The Morgan fingerprint density at radius 1 is 1.15 bits per heavy atom. The van der Waals surface area contributed by atoms with Crippen LogP contribution < -0.4 is 5.32 Å². The van der Waals surface area contributed by atoms with Crippen LogP contribution in [0.4, 0.5) is 11.4 Å². The molecule has 0 aliphatic heterocycles. The third kappa shape index (κ3) is 4.18. The predicted octanol–water partition coefficient (Wildman–Crippen LogP) is 4.05. The lowest BCUT2D eigenvalue weighted by Crippen LogP contribution is -2.30. The first-order valence-electron chi connectivity index (χ1n) is 7.73. The number of carbonyl (C=O) groups excluding carboxylic acids is 2. The first-order chi connectivity index (χ1) is 12.2. The van der Waals surface area contributed by atoms with Crippen molar-refractivity contribution < 1.29 is 19.2 Å². The van der Waals surface area contributed by atoms with Gasteiger partial charge in [0.2, 0.25) is 0 Å². The number of nitrogens with one attached hydrogen (secondary N) is 1. The fourth-order valence-corrected chi connectivity index (χ4v) is 2.47. The summed E-state index contributed by atoms with van der Waals surface area (Å²) >= 11 is 6.01. The number of rotatable bonds is 5. The highest BCUT2D eigenvalue weighted by Crippen LogP contribution is 2.24. The summed E-state index contributed by atoms with van der Waals surface area (Å²) in [5.41, 5.74) is 1.23. The first-order valence-corrected chi connectivity index (χ1v) is 8.11. The minimum Gasteiger partial charge on any atom is -0.449 e. The number of halogens is 1. The number of nitro benzene ring substituents is 1. The van der Waals surface area contributed by atoms with Gasteiger partial charge in [-0.2, -0.15) is 0 Å². The molecular formula is C18H17ClN2O5. The van der Waals surface area contributed by atoms with Gasteiger partial charge in [0.05, 0.1) is 10.5 Å². The molecule has 0 saturated heterocycles. The number of amides is 1. The van der Waals surface area contributed by atoms with Crippen molar-refractivity contribution >= 4 is 34.9 Å². The number of benzene rings is 2. The molecule has 1 N–H and O–H groups in total.